The van der Waals surface area contributed by atoms with Gasteiger partial charge < -0.3 is 9.47 Å². The Hall–Kier alpha value is -3.56. The van der Waals surface area contributed by atoms with E-state index in [1.54, 1.807) is 31.2 Å². The third-order valence-corrected chi connectivity index (χ3v) is 6.84. The lowest BCUT2D eigenvalue weighted by Gasteiger charge is -2.34. The van der Waals surface area contributed by atoms with Crippen LogP contribution in [-0.2, 0) is 23.9 Å². The molecule has 0 saturated carbocycles. The third-order valence-electron chi connectivity index (χ3n) is 6.51. The van der Waals surface area contributed by atoms with Crippen molar-refractivity contribution in [3.05, 3.63) is 64.7 Å². The number of esters is 2. The quantitative estimate of drug-likeness (QED) is 0.293. The normalized spacial score (nSPS) is 20.1. The molecule has 2 atom stereocenters. The Kier molecular flexibility index (Phi) is 8.35. The molecular formula is C27H27ClN2O7. The number of ether oxygens (including phenoxy) is 2. The molecule has 2 fully saturated rings. The molecule has 2 amide bonds. The van der Waals surface area contributed by atoms with Crippen LogP contribution in [-0.4, -0.2) is 66.8 Å². The van der Waals surface area contributed by atoms with Crippen molar-refractivity contribution in [2.45, 2.75) is 32.2 Å². The molecule has 0 radical (unpaired) electrons. The van der Waals surface area contributed by atoms with Gasteiger partial charge in [0, 0.05) is 12.1 Å². The average molecular weight is 527 g/mol. The van der Waals surface area contributed by atoms with Crippen molar-refractivity contribution in [3.63, 3.8) is 0 Å². The van der Waals surface area contributed by atoms with Crippen molar-refractivity contribution in [3.8, 4) is 0 Å². The molecule has 2 heterocycles. The molecular weight excluding hydrogens is 500 g/mol. The summed E-state index contributed by atoms with van der Waals surface area (Å²) in [5.41, 5.74) is 0.759. The number of nitrogens with zero attached hydrogens (tertiary/aromatic N) is 2. The molecule has 0 N–H and O–H groups in total. The molecule has 0 aromatic heterocycles. The van der Waals surface area contributed by atoms with Crippen molar-refractivity contribution >= 4 is 46.8 Å². The predicted molar refractivity (Wildman–Crippen MR) is 134 cm³/mol. The molecule has 2 aromatic carbocycles. The van der Waals surface area contributed by atoms with E-state index in [-0.39, 0.29) is 46.3 Å². The van der Waals surface area contributed by atoms with E-state index >= 15 is 0 Å². The monoisotopic (exact) mass is 526 g/mol. The molecule has 2 aromatic rings. The van der Waals surface area contributed by atoms with Gasteiger partial charge in [0.2, 0.25) is 11.7 Å². The number of piperidine rings is 1. The van der Waals surface area contributed by atoms with Crippen LogP contribution in [0.5, 0.6) is 0 Å². The van der Waals surface area contributed by atoms with Crippen molar-refractivity contribution in [1.29, 1.82) is 0 Å². The Morgan fingerprint density at radius 2 is 1.76 bits per heavy atom. The summed E-state index contributed by atoms with van der Waals surface area (Å²) in [7, 11) is 0. The predicted octanol–water partition coefficient (Wildman–Crippen LogP) is 3.29. The second-order valence-corrected chi connectivity index (χ2v) is 9.31. The lowest BCUT2D eigenvalue weighted by Crippen LogP contribution is -2.48. The van der Waals surface area contributed by atoms with E-state index in [1.807, 2.05) is 4.90 Å². The van der Waals surface area contributed by atoms with Crippen molar-refractivity contribution in [1.82, 2.24) is 4.90 Å². The number of imide groups is 1. The zero-order valence-corrected chi connectivity index (χ0v) is 21.1. The highest BCUT2D eigenvalue weighted by Gasteiger charge is 2.44. The first-order valence-corrected chi connectivity index (χ1v) is 12.5. The molecule has 37 heavy (non-hydrogen) atoms. The summed E-state index contributed by atoms with van der Waals surface area (Å²) in [6.45, 7) is 2.56. The summed E-state index contributed by atoms with van der Waals surface area (Å²) in [5.74, 6) is -2.47. The Bertz CT molecular complexity index is 1210. The lowest BCUT2D eigenvalue weighted by molar-refractivity contribution is -0.150. The summed E-state index contributed by atoms with van der Waals surface area (Å²) in [5, 5.41) is 0.270. The number of halogens is 1. The van der Waals surface area contributed by atoms with Gasteiger partial charge in [-0.25, -0.2) is 9.69 Å². The number of carbonyl (C=O) groups excluding carboxylic acids is 5. The number of hydrogen-bond donors (Lipinski definition) is 0. The van der Waals surface area contributed by atoms with E-state index in [1.165, 1.54) is 24.3 Å². The van der Waals surface area contributed by atoms with Crippen molar-refractivity contribution < 1.29 is 33.4 Å². The number of hydrogen-bond acceptors (Lipinski definition) is 8. The summed E-state index contributed by atoms with van der Waals surface area (Å²) in [6.07, 6.45) is 1.44. The first-order valence-electron chi connectivity index (χ1n) is 12.1. The van der Waals surface area contributed by atoms with Gasteiger partial charge in [0.25, 0.3) is 5.91 Å². The molecule has 2 aliphatic rings. The van der Waals surface area contributed by atoms with Gasteiger partial charge in [-0.2, -0.15) is 0 Å². The highest BCUT2D eigenvalue weighted by Crippen LogP contribution is 2.29. The first-order chi connectivity index (χ1) is 17.8. The third kappa shape index (κ3) is 5.89. The number of likely N-dealkylation sites (tertiary alicyclic amines) is 1. The van der Waals surface area contributed by atoms with Crippen LogP contribution in [0, 0.1) is 5.92 Å². The fraction of sp³-hybridized carbons (Fsp3) is 0.370. The summed E-state index contributed by atoms with van der Waals surface area (Å²) in [4.78, 5) is 65.8. The first kappa shape index (κ1) is 26.5. The molecule has 0 bridgehead atoms. The lowest BCUT2D eigenvalue weighted by atomic mass is 9.96. The van der Waals surface area contributed by atoms with Gasteiger partial charge >= 0.3 is 11.9 Å². The van der Waals surface area contributed by atoms with Crippen LogP contribution in [0.2, 0.25) is 5.02 Å². The Balaban J connectivity index is 1.37. The molecule has 2 unspecified atom stereocenters. The zero-order valence-electron chi connectivity index (χ0n) is 20.4. The average Bonchev–Trinajstić information content (AvgIpc) is 3.21. The highest BCUT2D eigenvalue weighted by molar-refractivity contribution is 6.34. The number of Topliss-reactive ketones (excluding diaryl/α,β-unsaturated/α-hetero) is 1. The molecule has 0 aliphatic carbocycles. The Morgan fingerprint density at radius 1 is 1.03 bits per heavy atom. The number of amides is 2. The van der Waals surface area contributed by atoms with Gasteiger partial charge in [-0.3, -0.25) is 24.1 Å². The van der Waals surface area contributed by atoms with Crippen molar-refractivity contribution in [2.75, 3.05) is 31.2 Å². The molecule has 10 heteroatoms. The van der Waals surface area contributed by atoms with E-state index in [0.29, 0.717) is 31.8 Å². The molecule has 0 spiro atoms. The molecule has 2 aliphatic heterocycles. The van der Waals surface area contributed by atoms with E-state index in [9.17, 15) is 24.0 Å². The minimum absolute atomic E-state index is 0.0162. The minimum atomic E-state index is -0.720. The van der Waals surface area contributed by atoms with E-state index in [2.05, 4.69) is 0 Å². The van der Waals surface area contributed by atoms with Gasteiger partial charge in [-0.1, -0.05) is 23.7 Å². The van der Waals surface area contributed by atoms with E-state index < -0.39 is 24.4 Å². The number of ketones is 1. The molecule has 9 nitrogen and oxygen atoms in total. The van der Waals surface area contributed by atoms with Gasteiger partial charge in [-0.15, -0.1) is 0 Å². The Labute approximate surface area is 219 Å². The van der Waals surface area contributed by atoms with Crippen LogP contribution in [0.3, 0.4) is 0 Å². The second-order valence-electron chi connectivity index (χ2n) is 8.90. The van der Waals surface area contributed by atoms with Crippen LogP contribution in [0.1, 0.15) is 46.9 Å². The van der Waals surface area contributed by atoms with Gasteiger partial charge in [0.05, 0.1) is 41.3 Å². The van der Waals surface area contributed by atoms with Crippen LogP contribution in [0.4, 0.5) is 5.69 Å². The maximum Gasteiger partial charge on any atom is 0.338 e. The van der Waals surface area contributed by atoms with Gasteiger partial charge in [0.15, 0.2) is 6.61 Å². The fourth-order valence-electron chi connectivity index (χ4n) is 4.64. The van der Waals surface area contributed by atoms with Crippen LogP contribution in [0.25, 0.3) is 0 Å². The molecule has 194 valence electrons. The zero-order chi connectivity index (χ0) is 26.5. The molecule has 4 rings (SSSR count). The van der Waals surface area contributed by atoms with Crippen LogP contribution >= 0.6 is 11.6 Å². The number of carbonyl (C=O) groups is 5. The van der Waals surface area contributed by atoms with E-state index in [4.69, 9.17) is 21.1 Å². The van der Waals surface area contributed by atoms with E-state index in [0.717, 1.165) is 11.3 Å². The van der Waals surface area contributed by atoms with Crippen LogP contribution < -0.4 is 4.90 Å². The smallest absolute Gasteiger partial charge is 0.338 e. The minimum Gasteiger partial charge on any atom is -0.466 e. The number of benzene rings is 2. The Morgan fingerprint density at radius 3 is 2.46 bits per heavy atom. The largest absolute Gasteiger partial charge is 0.466 e. The highest BCUT2D eigenvalue weighted by atomic mass is 35.5. The fourth-order valence-corrected chi connectivity index (χ4v) is 4.88. The topological polar surface area (TPSA) is 110 Å². The maximum absolute atomic E-state index is 13.2. The van der Waals surface area contributed by atoms with Crippen LogP contribution in [0.15, 0.2) is 48.5 Å². The SMILES string of the molecule is CCOC(=O)C1CCCN(C2CC(=O)N(c3ccc(C(=O)OCC(=O)c4ccccc4Cl)cc3)C2=O)C1. The maximum atomic E-state index is 13.2. The summed E-state index contributed by atoms with van der Waals surface area (Å²) < 4.78 is 10.2. The molecule has 2 saturated heterocycles. The summed E-state index contributed by atoms with van der Waals surface area (Å²) >= 11 is 6.00. The standard InChI is InChI=1S/C27H27ClN2O7/c1-2-36-27(35)18-6-5-13-29(15-18)22-14-24(32)30(25(22)33)19-11-9-17(10-12-19)26(34)37-16-23(31)20-7-3-4-8-21(20)28/h3-4,7-12,18,22H,2,5-6,13-16H2,1H3. The van der Waals surface area contributed by atoms with Gasteiger partial charge in [0.1, 0.15) is 0 Å². The van der Waals surface area contributed by atoms with Gasteiger partial charge in [-0.05, 0) is 62.7 Å². The van der Waals surface area contributed by atoms with Crippen molar-refractivity contribution in [2.24, 2.45) is 5.92 Å². The summed E-state index contributed by atoms with van der Waals surface area (Å²) in [6, 6.07) is 11.7. The number of anilines is 1. The second kappa shape index (κ2) is 11.7. The number of rotatable bonds is 8.